The van der Waals surface area contributed by atoms with Crippen LogP contribution in [0.15, 0.2) is 111 Å². The number of nitrogens with one attached hydrogen (secondary N) is 2. The molecule has 13 nitrogen and oxygen atoms in total. The second-order valence-electron chi connectivity index (χ2n) is 12.6. The van der Waals surface area contributed by atoms with Crippen molar-refractivity contribution in [2.45, 2.75) is 50.6 Å². The first-order valence-corrected chi connectivity index (χ1v) is 19.7. The van der Waals surface area contributed by atoms with Gasteiger partial charge in [0.05, 0.1) is 46.2 Å². The highest BCUT2D eigenvalue weighted by atomic mass is 32.2. The normalized spacial score (nSPS) is 29.8. The van der Waals surface area contributed by atoms with E-state index in [2.05, 4.69) is 39.8 Å². The van der Waals surface area contributed by atoms with E-state index >= 15 is 0 Å². The molecule has 0 bridgehead atoms. The fraction of sp³-hybridized carbons (Fsp3) is 0.405. The molecule has 8 atom stereocenters. The molecule has 2 aromatic rings. The van der Waals surface area contributed by atoms with E-state index in [1.807, 2.05) is 64.7 Å². The number of methoxy groups -OCH3 is 5. The maximum Gasteiger partial charge on any atom is 0.186 e. The van der Waals surface area contributed by atoms with Crippen LogP contribution in [0.25, 0.3) is 0 Å². The van der Waals surface area contributed by atoms with Crippen molar-refractivity contribution in [2.24, 2.45) is 9.98 Å². The van der Waals surface area contributed by atoms with Crippen molar-refractivity contribution in [3.05, 3.63) is 96.4 Å². The number of aliphatic hydroxyl groups excluding tert-OH is 1. The van der Waals surface area contributed by atoms with E-state index in [1.165, 1.54) is 0 Å². The molecule has 0 radical (unpaired) electrons. The summed E-state index contributed by atoms with van der Waals surface area (Å²) in [4.78, 5) is 15.4. The lowest BCUT2D eigenvalue weighted by Gasteiger charge is -2.35. The Bertz CT molecular complexity index is 1840. The summed E-state index contributed by atoms with van der Waals surface area (Å²) >= 11 is 5.03. The number of para-hydroxylation sites is 3. The number of rotatable bonds is 9. The highest BCUT2D eigenvalue weighted by Gasteiger charge is 2.49. The molecule has 0 aliphatic carbocycles. The average molecular weight is 781 g/mol. The van der Waals surface area contributed by atoms with Crippen molar-refractivity contribution in [2.75, 3.05) is 59.4 Å². The predicted molar refractivity (Wildman–Crippen MR) is 212 cm³/mol. The van der Waals surface area contributed by atoms with Gasteiger partial charge >= 0.3 is 0 Å². The number of fused-ring (bicyclic) bond motifs is 4. The summed E-state index contributed by atoms with van der Waals surface area (Å²) in [5.74, 6) is 4.09. The summed E-state index contributed by atoms with van der Waals surface area (Å²) in [6.45, 7) is 9.33. The van der Waals surface area contributed by atoms with E-state index in [9.17, 15) is 5.11 Å². The zero-order valence-corrected chi connectivity index (χ0v) is 32.6. The van der Waals surface area contributed by atoms with Crippen molar-refractivity contribution >= 4 is 58.3 Å². The van der Waals surface area contributed by atoms with Crippen molar-refractivity contribution in [3.8, 4) is 5.75 Å². The van der Waals surface area contributed by atoms with Gasteiger partial charge in [0.2, 0.25) is 0 Å². The number of hydrogen-bond donors (Lipinski definition) is 3. The lowest BCUT2D eigenvalue weighted by atomic mass is 10.1. The molecule has 0 amide bonds. The molecule has 53 heavy (non-hydrogen) atoms. The highest BCUT2D eigenvalue weighted by molar-refractivity contribution is 8.04. The number of nitrogens with zero attached hydrogens (tertiary/aromatic N) is 4. The van der Waals surface area contributed by atoms with Crippen LogP contribution in [0.3, 0.4) is 0 Å². The van der Waals surface area contributed by atoms with Gasteiger partial charge in [-0.15, -0.1) is 23.5 Å². The minimum atomic E-state index is -0.663. The summed E-state index contributed by atoms with van der Waals surface area (Å²) in [5, 5.41) is 17.4. The smallest absolute Gasteiger partial charge is 0.186 e. The van der Waals surface area contributed by atoms with Gasteiger partial charge in [0.15, 0.2) is 17.3 Å². The van der Waals surface area contributed by atoms with Gasteiger partial charge in [-0.25, -0.2) is 9.98 Å². The average Bonchev–Trinajstić information content (AvgIpc) is 3.68. The standard InChI is InChI=1S/C19H23N3O4S.C18H21N3O3S2/c1-11-20-18-14(26-13-8-6-5-7-12(13)21-18)9-22(11)19-17(25-4)16(24-3)15(27-19)10-23-2;1-10-19-17-13(25-12-7-5-4-6-11(12)20-17)8-21(10)18-15(22)16(24-3)14(26-18)9-23-2/h5-9,15-17,19H,1,10H2,2-4H3,(H,20,21);4-8,14-16,18,22H,1,9H2,2-3H3,(H,19,20)/t15-,16?,17+,19-;14-,15+,16?,18-/m11/s1. The Balaban J connectivity index is 0.000000164. The van der Waals surface area contributed by atoms with E-state index in [0.717, 1.165) is 32.8 Å². The van der Waals surface area contributed by atoms with Crippen LogP contribution in [-0.2, 0) is 23.7 Å². The van der Waals surface area contributed by atoms with Gasteiger partial charge in [0, 0.05) is 46.6 Å². The molecule has 0 aromatic heterocycles. The Morgan fingerprint density at radius 3 is 2.02 bits per heavy atom. The monoisotopic (exact) mass is 780 g/mol. The highest BCUT2D eigenvalue weighted by Crippen LogP contribution is 2.46. The summed E-state index contributed by atoms with van der Waals surface area (Å²) in [5.41, 5.74) is 1.93. The Hall–Kier alpha value is -3.45. The number of anilines is 2. The fourth-order valence-electron chi connectivity index (χ4n) is 6.89. The first-order chi connectivity index (χ1) is 25.8. The van der Waals surface area contributed by atoms with Crippen molar-refractivity contribution in [1.29, 1.82) is 0 Å². The minimum absolute atomic E-state index is 0.0498. The second-order valence-corrected chi connectivity index (χ2v) is 16.4. The molecule has 2 saturated heterocycles. The Kier molecular flexibility index (Phi) is 11.8. The summed E-state index contributed by atoms with van der Waals surface area (Å²) in [6.07, 6.45) is 2.74. The Morgan fingerprint density at radius 1 is 0.736 bits per heavy atom. The van der Waals surface area contributed by atoms with Crippen LogP contribution in [-0.4, -0.2) is 121 Å². The van der Waals surface area contributed by atoms with Gasteiger partial charge in [-0.3, -0.25) is 0 Å². The first kappa shape index (κ1) is 37.8. The minimum Gasteiger partial charge on any atom is -0.450 e. The molecule has 2 unspecified atom stereocenters. The quantitative estimate of drug-likeness (QED) is 0.303. The molecular weight excluding hydrogens is 737 g/mol. The maximum atomic E-state index is 10.8. The van der Waals surface area contributed by atoms with Crippen LogP contribution in [0.1, 0.15) is 0 Å². The molecule has 0 saturated carbocycles. The first-order valence-electron chi connectivity index (χ1n) is 17.0. The number of benzene rings is 2. The summed E-state index contributed by atoms with van der Waals surface area (Å²) in [6, 6.07) is 15.9. The number of aliphatic imine (C=N–C) groups is 2. The molecule has 2 fully saturated rings. The second kappa shape index (κ2) is 16.5. The molecule has 6 heterocycles. The lowest BCUT2D eigenvalue weighted by Crippen LogP contribution is -2.44. The van der Waals surface area contributed by atoms with Crippen LogP contribution >= 0.6 is 35.3 Å². The molecule has 282 valence electrons. The third kappa shape index (κ3) is 7.49. The predicted octanol–water partition coefficient (Wildman–Crippen LogP) is 5.33. The van der Waals surface area contributed by atoms with Crippen molar-refractivity contribution < 1.29 is 33.5 Å². The zero-order chi connectivity index (χ0) is 37.2. The van der Waals surface area contributed by atoms with Crippen molar-refractivity contribution in [1.82, 2.24) is 9.80 Å². The maximum absolute atomic E-state index is 10.8. The fourth-order valence-corrected chi connectivity index (χ4v) is 11.2. The SMILES string of the molecule is C=C1N=C2Nc3ccccc3OC2=CN1[C@@H]1S[C@H](COC)C(OC)[C@@H]1OC.C=C1N=C2Nc3ccccc3SC2=CN1[C@@H]1S[C@H](COC)C(OC)[C@@H]1O. The molecule has 3 N–H and O–H groups in total. The van der Waals surface area contributed by atoms with Gasteiger partial charge in [-0.05, 0) is 24.3 Å². The Labute approximate surface area is 322 Å². The van der Waals surface area contributed by atoms with E-state index in [0.29, 0.717) is 36.5 Å². The third-order valence-corrected chi connectivity index (χ3v) is 13.6. The lowest BCUT2D eigenvalue weighted by molar-refractivity contribution is -0.0467. The summed E-state index contributed by atoms with van der Waals surface area (Å²) < 4.78 is 33.7. The van der Waals surface area contributed by atoms with E-state index < -0.39 is 6.10 Å². The molecule has 0 spiro atoms. The largest absolute Gasteiger partial charge is 0.450 e. The number of hydrogen-bond acceptors (Lipinski definition) is 16. The van der Waals surface area contributed by atoms with E-state index in [-0.39, 0.29) is 39.6 Å². The van der Waals surface area contributed by atoms with Gasteiger partial charge in [0.25, 0.3) is 0 Å². The van der Waals surface area contributed by atoms with Crippen LogP contribution in [0, 0.1) is 0 Å². The molecule has 8 rings (SSSR count). The molecule has 2 aromatic carbocycles. The van der Waals surface area contributed by atoms with Gasteiger partial charge in [-0.1, -0.05) is 49.2 Å². The zero-order valence-electron chi connectivity index (χ0n) is 30.1. The Morgan fingerprint density at radius 2 is 1.32 bits per heavy atom. The van der Waals surface area contributed by atoms with Gasteiger partial charge in [-0.2, -0.15) is 0 Å². The number of aliphatic hydroxyl groups is 1. The van der Waals surface area contributed by atoms with Crippen molar-refractivity contribution in [3.63, 3.8) is 0 Å². The summed E-state index contributed by atoms with van der Waals surface area (Å²) in [7, 11) is 8.38. The van der Waals surface area contributed by atoms with Crippen LogP contribution in [0.5, 0.6) is 5.75 Å². The topological polar surface area (TPSA) is 131 Å². The van der Waals surface area contributed by atoms with Crippen LogP contribution in [0.2, 0.25) is 0 Å². The number of amidine groups is 2. The number of thioether (sulfide) groups is 3. The molecular formula is C37H44N6O7S3. The molecule has 16 heteroatoms. The molecule has 6 aliphatic rings. The third-order valence-electron chi connectivity index (χ3n) is 9.40. The van der Waals surface area contributed by atoms with Crippen LogP contribution < -0.4 is 15.4 Å². The van der Waals surface area contributed by atoms with E-state index in [1.54, 1.807) is 70.8 Å². The van der Waals surface area contributed by atoms with Crippen LogP contribution in [0.4, 0.5) is 11.4 Å². The van der Waals surface area contributed by atoms with Gasteiger partial charge in [0.1, 0.15) is 52.6 Å². The van der Waals surface area contributed by atoms with Gasteiger partial charge < -0.3 is 54.0 Å². The van der Waals surface area contributed by atoms with E-state index in [4.69, 9.17) is 28.4 Å². The number of ether oxygens (including phenoxy) is 6. The molecule has 6 aliphatic heterocycles.